The molecule has 2 aromatic heterocycles. The van der Waals surface area contributed by atoms with Crippen molar-refractivity contribution in [3.8, 4) is 11.5 Å². The van der Waals surface area contributed by atoms with Crippen molar-refractivity contribution in [3.63, 3.8) is 0 Å². The van der Waals surface area contributed by atoms with Crippen molar-refractivity contribution in [2.75, 3.05) is 0 Å². The summed E-state index contributed by atoms with van der Waals surface area (Å²) in [5.41, 5.74) is 1.75. The normalized spacial score (nSPS) is 11.9. The van der Waals surface area contributed by atoms with Gasteiger partial charge in [0.1, 0.15) is 11.3 Å². The van der Waals surface area contributed by atoms with Crippen LogP contribution in [0.2, 0.25) is 0 Å². The van der Waals surface area contributed by atoms with E-state index >= 15 is 0 Å². The second-order valence-electron chi connectivity index (χ2n) is 5.81. The number of para-hydroxylation sites is 1. The first-order valence-electron chi connectivity index (χ1n) is 6.53. The maximum absolute atomic E-state index is 11.3. The summed E-state index contributed by atoms with van der Waals surface area (Å²) in [6.45, 7) is 6.12. The Morgan fingerprint density at radius 2 is 2.00 bits per heavy atom. The third-order valence-corrected chi connectivity index (χ3v) is 3.22. The van der Waals surface area contributed by atoms with Gasteiger partial charge in [0.15, 0.2) is 12.0 Å². The van der Waals surface area contributed by atoms with Crippen LogP contribution in [0, 0.1) is 0 Å². The van der Waals surface area contributed by atoms with Gasteiger partial charge in [0.2, 0.25) is 0 Å². The number of aldehydes is 1. The van der Waals surface area contributed by atoms with E-state index in [0.717, 1.165) is 17.3 Å². The van der Waals surface area contributed by atoms with Crippen LogP contribution < -0.4 is 0 Å². The molecule has 4 nitrogen and oxygen atoms in total. The van der Waals surface area contributed by atoms with Gasteiger partial charge in [-0.1, -0.05) is 18.2 Å². The van der Waals surface area contributed by atoms with E-state index < -0.39 is 0 Å². The van der Waals surface area contributed by atoms with Crippen molar-refractivity contribution in [2.24, 2.45) is 0 Å². The molecule has 1 aromatic carbocycles. The zero-order chi connectivity index (χ0) is 14.3. The van der Waals surface area contributed by atoms with E-state index in [-0.39, 0.29) is 5.54 Å². The molecule has 0 amide bonds. The van der Waals surface area contributed by atoms with Crippen LogP contribution in [0.15, 0.2) is 40.9 Å². The van der Waals surface area contributed by atoms with Crippen molar-refractivity contribution in [2.45, 2.75) is 26.3 Å². The molecule has 0 atom stereocenters. The Hall–Kier alpha value is -2.36. The van der Waals surface area contributed by atoms with Gasteiger partial charge in [-0.2, -0.15) is 5.10 Å². The molecule has 0 aliphatic rings. The highest BCUT2D eigenvalue weighted by atomic mass is 16.3. The lowest BCUT2D eigenvalue weighted by molar-refractivity contribution is 0.112. The molecule has 4 heteroatoms. The van der Waals surface area contributed by atoms with Crippen LogP contribution in [0.5, 0.6) is 0 Å². The molecule has 0 N–H and O–H groups in total. The SMILES string of the molecule is CC(C)(C)n1cc(C=O)c(-c2cc3ccccc3o2)n1. The lowest BCUT2D eigenvalue weighted by Gasteiger charge is -2.18. The number of rotatable bonds is 2. The van der Waals surface area contributed by atoms with Gasteiger partial charge in [-0.3, -0.25) is 9.48 Å². The minimum Gasteiger partial charge on any atom is -0.454 e. The first-order valence-corrected chi connectivity index (χ1v) is 6.53. The van der Waals surface area contributed by atoms with Gasteiger partial charge in [-0.15, -0.1) is 0 Å². The molecule has 0 aliphatic carbocycles. The standard InChI is InChI=1S/C16H16N2O2/c1-16(2,3)18-9-12(10-19)15(17-18)14-8-11-6-4-5-7-13(11)20-14/h4-10H,1-3H3. The zero-order valence-electron chi connectivity index (χ0n) is 11.8. The minimum atomic E-state index is -0.179. The van der Waals surface area contributed by atoms with E-state index in [4.69, 9.17) is 4.42 Å². The fourth-order valence-electron chi connectivity index (χ4n) is 2.11. The van der Waals surface area contributed by atoms with Gasteiger partial charge in [-0.05, 0) is 32.9 Å². The average Bonchev–Trinajstić information content (AvgIpc) is 3.01. The van der Waals surface area contributed by atoms with Crippen LogP contribution in [0.1, 0.15) is 31.1 Å². The minimum absolute atomic E-state index is 0.179. The molecule has 2 heterocycles. The van der Waals surface area contributed by atoms with E-state index in [2.05, 4.69) is 5.10 Å². The number of furan rings is 1. The summed E-state index contributed by atoms with van der Waals surface area (Å²) < 4.78 is 7.58. The molecule has 0 spiro atoms. The molecule has 3 rings (SSSR count). The molecule has 102 valence electrons. The lowest BCUT2D eigenvalue weighted by atomic mass is 10.1. The van der Waals surface area contributed by atoms with E-state index in [9.17, 15) is 4.79 Å². The van der Waals surface area contributed by atoms with Crippen LogP contribution >= 0.6 is 0 Å². The maximum atomic E-state index is 11.3. The van der Waals surface area contributed by atoms with Crippen LogP contribution in [0.4, 0.5) is 0 Å². The maximum Gasteiger partial charge on any atom is 0.156 e. The average molecular weight is 268 g/mol. The third-order valence-electron chi connectivity index (χ3n) is 3.22. The summed E-state index contributed by atoms with van der Waals surface area (Å²) in [6.07, 6.45) is 2.58. The number of hydrogen-bond donors (Lipinski definition) is 0. The molecule has 0 aliphatic heterocycles. The Balaban J connectivity index is 2.17. The van der Waals surface area contributed by atoms with Crippen molar-refractivity contribution in [1.29, 1.82) is 0 Å². The molecule has 3 aromatic rings. The van der Waals surface area contributed by atoms with E-state index in [1.807, 2.05) is 51.1 Å². The highest BCUT2D eigenvalue weighted by Crippen LogP contribution is 2.29. The lowest BCUT2D eigenvalue weighted by Crippen LogP contribution is -2.22. The summed E-state index contributed by atoms with van der Waals surface area (Å²) in [5, 5.41) is 5.51. The number of hydrogen-bond acceptors (Lipinski definition) is 3. The van der Waals surface area contributed by atoms with Gasteiger partial charge in [0.25, 0.3) is 0 Å². The van der Waals surface area contributed by atoms with Crippen molar-refractivity contribution in [1.82, 2.24) is 9.78 Å². The molecule has 0 fully saturated rings. The predicted molar refractivity (Wildman–Crippen MR) is 77.8 cm³/mol. The number of carbonyl (C=O) groups excluding carboxylic acids is 1. The Bertz CT molecular complexity index is 742. The van der Waals surface area contributed by atoms with Gasteiger partial charge < -0.3 is 4.42 Å². The molecule has 0 saturated carbocycles. The highest BCUT2D eigenvalue weighted by Gasteiger charge is 2.20. The summed E-state index contributed by atoms with van der Waals surface area (Å²) in [4.78, 5) is 11.3. The zero-order valence-corrected chi connectivity index (χ0v) is 11.8. The number of aromatic nitrogens is 2. The Labute approximate surface area is 117 Å². The molecular weight excluding hydrogens is 252 g/mol. The van der Waals surface area contributed by atoms with Crippen molar-refractivity contribution >= 4 is 17.3 Å². The number of nitrogens with zero attached hydrogens (tertiary/aromatic N) is 2. The fraction of sp³-hybridized carbons (Fsp3) is 0.250. The topological polar surface area (TPSA) is 48.0 Å². The first-order chi connectivity index (χ1) is 9.49. The van der Waals surface area contributed by atoms with Crippen LogP contribution in [0.3, 0.4) is 0 Å². The number of carbonyl (C=O) groups is 1. The Morgan fingerprint density at radius 3 is 2.65 bits per heavy atom. The number of fused-ring (bicyclic) bond motifs is 1. The molecule has 0 radical (unpaired) electrons. The number of benzene rings is 1. The van der Waals surface area contributed by atoms with Gasteiger partial charge in [0, 0.05) is 11.6 Å². The first kappa shape index (κ1) is 12.7. The fourth-order valence-corrected chi connectivity index (χ4v) is 2.11. The summed E-state index contributed by atoms with van der Waals surface area (Å²) in [6, 6.07) is 9.67. The largest absolute Gasteiger partial charge is 0.454 e. The highest BCUT2D eigenvalue weighted by molar-refractivity contribution is 5.88. The molecule has 20 heavy (non-hydrogen) atoms. The van der Waals surface area contributed by atoms with Crippen molar-refractivity contribution in [3.05, 3.63) is 42.1 Å². The van der Waals surface area contributed by atoms with Crippen LogP contribution in [0.25, 0.3) is 22.4 Å². The monoisotopic (exact) mass is 268 g/mol. The van der Waals surface area contributed by atoms with Crippen LogP contribution in [-0.4, -0.2) is 16.1 Å². The van der Waals surface area contributed by atoms with E-state index in [1.165, 1.54) is 0 Å². The molecular formula is C16H16N2O2. The van der Waals surface area contributed by atoms with Gasteiger partial charge >= 0.3 is 0 Å². The van der Waals surface area contributed by atoms with Gasteiger partial charge in [0.05, 0.1) is 11.1 Å². The Morgan fingerprint density at radius 1 is 1.25 bits per heavy atom. The van der Waals surface area contributed by atoms with Crippen molar-refractivity contribution < 1.29 is 9.21 Å². The summed E-state index contributed by atoms with van der Waals surface area (Å²) in [5.74, 6) is 0.622. The van der Waals surface area contributed by atoms with E-state index in [0.29, 0.717) is 17.0 Å². The van der Waals surface area contributed by atoms with E-state index in [1.54, 1.807) is 10.9 Å². The molecule has 0 bridgehead atoms. The van der Waals surface area contributed by atoms with Gasteiger partial charge in [-0.25, -0.2) is 0 Å². The predicted octanol–water partition coefficient (Wildman–Crippen LogP) is 3.86. The quantitative estimate of drug-likeness (QED) is 0.663. The second-order valence-corrected chi connectivity index (χ2v) is 5.81. The summed E-state index contributed by atoms with van der Waals surface area (Å²) >= 11 is 0. The smallest absolute Gasteiger partial charge is 0.156 e. The third kappa shape index (κ3) is 2.03. The Kier molecular flexibility index (Phi) is 2.74. The molecule has 0 unspecified atom stereocenters. The molecule has 0 saturated heterocycles. The second kappa shape index (κ2) is 4.34. The van der Waals surface area contributed by atoms with Crippen LogP contribution in [-0.2, 0) is 5.54 Å². The summed E-state index contributed by atoms with van der Waals surface area (Å²) in [7, 11) is 0.